The summed E-state index contributed by atoms with van der Waals surface area (Å²) in [7, 11) is 0. The average molecular weight is 566 g/mol. The Kier molecular flexibility index (Phi) is 6.05. The van der Waals surface area contributed by atoms with Gasteiger partial charge < -0.3 is 8.98 Å². The van der Waals surface area contributed by atoms with Gasteiger partial charge in [0, 0.05) is 33.0 Å². The van der Waals surface area contributed by atoms with Crippen LogP contribution in [0.3, 0.4) is 0 Å². The molecule has 4 nitrogen and oxygen atoms in total. The van der Waals surface area contributed by atoms with Crippen molar-refractivity contribution in [1.29, 1.82) is 0 Å². The molecule has 3 aromatic heterocycles. The Morgan fingerprint density at radius 2 is 1.39 bits per heavy atom. The molecule has 5 aromatic carbocycles. The normalized spacial score (nSPS) is 12.0. The van der Waals surface area contributed by atoms with Crippen molar-refractivity contribution in [3.8, 4) is 28.1 Å². The predicted octanol–water partition coefficient (Wildman–Crippen LogP) is 10.6. The van der Waals surface area contributed by atoms with Crippen LogP contribution in [0.1, 0.15) is 5.82 Å². The van der Waals surface area contributed by atoms with Crippen molar-refractivity contribution >= 4 is 49.4 Å². The molecular formula is C40H27N3O. The highest BCUT2D eigenvalue weighted by molar-refractivity contribution is 6.14. The van der Waals surface area contributed by atoms with Crippen LogP contribution >= 0.6 is 0 Å². The highest BCUT2D eigenvalue weighted by atomic mass is 16.3. The zero-order chi connectivity index (χ0) is 29.6. The number of aromatic nitrogens is 3. The zero-order valence-corrected chi connectivity index (χ0v) is 23.9. The Morgan fingerprint density at radius 3 is 2.23 bits per heavy atom. The molecule has 44 heavy (non-hydrogen) atoms. The van der Waals surface area contributed by atoms with Crippen LogP contribution in [0.25, 0.3) is 77.5 Å². The summed E-state index contributed by atoms with van der Waals surface area (Å²) < 4.78 is 8.60. The zero-order valence-electron chi connectivity index (χ0n) is 23.9. The van der Waals surface area contributed by atoms with Gasteiger partial charge in [0.15, 0.2) is 5.82 Å². The molecule has 0 aliphatic carbocycles. The number of nitrogens with zero attached hydrogens (tertiary/aromatic N) is 3. The quantitative estimate of drug-likeness (QED) is 0.188. The molecule has 0 saturated carbocycles. The molecule has 3 heterocycles. The van der Waals surface area contributed by atoms with E-state index in [1.165, 1.54) is 16.5 Å². The maximum Gasteiger partial charge on any atom is 0.231 e. The predicted molar refractivity (Wildman–Crippen MR) is 183 cm³/mol. The summed E-state index contributed by atoms with van der Waals surface area (Å²) in [6, 6.07) is 42.4. The third-order valence-corrected chi connectivity index (χ3v) is 8.17. The molecule has 4 heteroatoms. The maximum absolute atomic E-state index is 6.25. The van der Waals surface area contributed by atoms with Gasteiger partial charge in [0.05, 0.1) is 22.1 Å². The van der Waals surface area contributed by atoms with Crippen molar-refractivity contribution < 1.29 is 4.42 Å². The van der Waals surface area contributed by atoms with E-state index < -0.39 is 0 Å². The molecule has 8 aromatic rings. The lowest BCUT2D eigenvalue weighted by Crippen LogP contribution is -1.97. The van der Waals surface area contributed by atoms with E-state index in [4.69, 9.17) is 14.4 Å². The number of furan rings is 1. The van der Waals surface area contributed by atoms with Gasteiger partial charge in [-0.25, -0.2) is 4.98 Å². The van der Waals surface area contributed by atoms with E-state index in [-0.39, 0.29) is 0 Å². The van der Waals surface area contributed by atoms with Gasteiger partial charge in [-0.3, -0.25) is 0 Å². The van der Waals surface area contributed by atoms with Gasteiger partial charge in [-0.2, -0.15) is 4.98 Å². The first-order chi connectivity index (χ1) is 21.7. The average Bonchev–Trinajstić information content (AvgIpc) is 3.62. The van der Waals surface area contributed by atoms with Gasteiger partial charge in [-0.05, 0) is 47.5 Å². The van der Waals surface area contributed by atoms with Crippen LogP contribution in [0.15, 0.2) is 157 Å². The van der Waals surface area contributed by atoms with E-state index in [0.29, 0.717) is 11.5 Å². The summed E-state index contributed by atoms with van der Waals surface area (Å²) in [4.78, 5) is 9.92. The second-order valence-corrected chi connectivity index (χ2v) is 10.7. The summed E-state index contributed by atoms with van der Waals surface area (Å²) in [5.74, 6) is 0.543. The molecule has 0 radical (unpaired) electrons. The lowest BCUT2D eigenvalue weighted by molar-refractivity contribution is 0.652. The number of hydrogen-bond acceptors (Lipinski definition) is 3. The second-order valence-electron chi connectivity index (χ2n) is 10.7. The number of benzene rings is 5. The Balaban J connectivity index is 1.39. The monoisotopic (exact) mass is 565 g/mol. The van der Waals surface area contributed by atoms with Crippen LogP contribution in [0.4, 0.5) is 0 Å². The first-order valence-electron chi connectivity index (χ1n) is 14.6. The SMILES string of the molecule is C=CC=C(C=C)c1nc(-c2ccc3c(c2)c2ccccc2n3-c2cccc(-c3ccccc3)c2)c2c(n1)oc1ccccc12. The molecule has 0 spiro atoms. The van der Waals surface area contributed by atoms with Crippen LogP contribution in [0.2, 0.25) is 0 Å². The van der Waals surface area contributed by atoms with Crippen LogP contribution in [-0.2, 0) is 0 Å². The van der Waals surface area contributed by atoms with Gasteiger partial charge >= 0.3 is 0 Å². The van der Waals surface area contributed by atoms with E-state index in [9.17, 15) is 0 Å². The van der Waals surface area contributed by atoms with Crippen LogP contribution in [-0.4, -0.2) is 14.5 Å². The lowest BCUT2D eigenvalue weighted by atomic mass is 10.0. The molecule has 0 fully saturated rings. The van der Waals surface area contributed by atoms with Crippen molar-refractivity contribution in [2.75, 3.05) is 0 Å². The fourth-order valence-electron chi connectivity index (χ4n) is 6.18. The van der Waals surface area contributed by atoms with E-state index in [0.717, 1.165) is 55.3 Å². The van der Waals surface area contributed by atoms with Crippen LogP contribution < -0.4 is 0 Å². The summed E-state index contributed by atoms with van der Waals surface area (Å²) in [6.45, 7) is 7.84. The number of rotatable bonds is 6. The molecule has 0 saturated heterocycles. The molecule has 8 rings (SSSR count). The van der Waals surface area contributed by atoms with E-state index in [1.807, 2.05) is 30.3 Å². The topological polar surface area (TPSA) is 43.9 Å². The van der Waals surface area contributed by atoms with Gasteiger partial charge in [0.1, 0.15) is 5.58 Å². The fourth-order valence-corrected chi connectivity index (χ4v) is 6.18. The summed E-state index contributed by atoms with van der Waals surface area (Å²) in [5, 5.41) is 4.20. The van der Waals surface area contributed by atoms with Gasteiger partial charge in [0.2, 0.25) is 5.71 Å². The summed E-state index contributed by atoms with van der Waals surface area (Å²) >= 11 is 0. The molecule has 0 unspecified atom stereocenters. The van der Waals surface area contributed by atoms with Gasteiger partial charge in [0.25, 0.3) is 0 Å². The first-order valence-corrected chi connectivity index (χ1v) is 14.6. The minimum Gasteiger partial charge on any atom is -0.438 e. The third kappa shape index (κ3) is 4.08. The minimum atomic E-state index is 0.543. The standard InChI is InChI=1S/C40H27N3O/c1-3-13-26(4-2)39-41-38(37-32-19-9-11-21-36(32)44-40(37)42-39)29-22-23-35-33(25-29)31-18-8-10-20-34(31)43(35)30-17-12-16-28(24-30)27-14-6-5-7-15-27/h3-25H,1-2H2. The van der Waals surface area contributed by atoms with Crippen molar-refractivity contribution in [3.05, 3.63) is 159 Å². The number of para-hydroxylation sites is 2. The van der Waals surface area contributed by atoms with Gasteiger partial charge in [-0.15, -0.1) is 0 Å². The molecule has 0 N–H and O–H groups in total. The third-order valence-electron chi connectivity index (χ3n) is 8.17. The molecule has 208 valence electrons. The Bertz CT molecular complexity index is 2430. The fraction of sp³-hybridized carbons (Fsp3) is 0. The highest BCUT2D eigenvalue weighted by Crippen LogP contribution is 2.39. The molecule has 0 aliphatic heterocycles. The Morgan fingerprint density at radius 1 is 0.636 bits per heavy atom. The first kappa shape index (κ1) is 25.7. The molecule has 0 bridgehead atoms. The largest absolute Gasteiger partial charge is 0.438 e. The number of fused-ring (bicyclic) bond motifs is 6. The van der Waals surface area contributed by atoms with Gasteiger partial charge in [-0.1, -0.05) is 116 Å². The van der Waals surface area contributed by atoms with Crippen molar-refractivity contribution in [2.45, 2.75) is 0 Å². The van der Waals surface area contributed by atoms with E-state index >= 15 is 0 Å². The lowest BCUT2D eigenvalue weighted by Gasteiger charge is -2.11. The molecular weight excluding hydrogens is 538 g/mol. The second kappa shape index (κ2) is 10.4. The Hall–Kier alpha value is -6.00. The molecule has 0 amide bonds. The minimum absolute atomic E-state index is 0.543. The van der Waals surface area contributed by atoms with Crippen LogP contribution in [0, 0.1) is 0 Å². The molecule has 0 aliphatic rings. The van der Waals surface area contributed by atoms with Crippen molar-refractivity contribution in [3.63, 3.8) is 0 Å². The summed E-state index contributed by atoms with van der Waals surface area (Å²) in [6.07, 6.45) is 5.33. The molecule has 0 atom stereocenters. The van der Waals surface area contributed by atoms with E-state index in [1.54, 1.807) is 12.2 Å². The van der Waals surface area contributed by atoms with E-state index in [2.05, 4.69) is 115 Å². The smallest absolute Gasteiger partial charge is 0.231 e. The number of allylic oxidation sites excluding steroid dienone is 4. The number of hydrogen-bond donors (Lipinski definition) is 0. The highest BCUT2D eigenvalue weighted by Gasteiger charge is 2.20. The Labute approximate surface area is 254 Å². The van der Waals surface area contributed by atoms with Crippen molar-refractivity contribution in [2.24, 2.45) is 0 Å². The van der Waals surface area contributed by atoms with Crippen molar-refractivity contribution in [1.82, 2.24) is 14.5 Å². The summed E-state index contributed by atoms with van der Waals surface area (Å²) in [5.41, 5.74) is 9.66. The maximum atomic E-state index is 6.25. The van der Waals surface area contributed by atoms with Crippen LogP contribution in [0.5, 0.6) is 0 Å².